The summed E-state index contributed by atoms with van der Waals surface area (Å²) in [4.78, 5) is 0.181. The molecule has 5 heteroatoms. The van der Waals surface area contributed by atoms with Gasteiger partial charge < -0.3 is 4.74 Å². The van der Waals surface area contributed by atoms with E-state index in [4.69, 9.17) is 8.92 Å². The highest BCUT2D eigenvalue weighted by Crippen LogP contribution is 2.15. The fourth-order valence-corrected chi connectivity index (χ4v) is 1.94. The zero-order chi connectivity index (χ0) is 10.0. The molecule has 0 saturated carbocycles. The number of hydrogen-bond acceptors (Lipinski definition) is 4. The summed E-state index contributed by atoms with van der Waals surface area (Å²) in [6.45, 7) is 0.696. The van der Waals surface area contributed by atoms with Gasteiger partial charge in [-0.2, -0.15) is 8.42 Å². The van der Waals surface area contributed by atoms with E-state index >= 15 is 0 Å². The van der Waals surface area contributed by atoms with Gasteiger partial charge in [-0.15, -0.1) is 0 Å². The summed E-state index contributed by atoms with van der Waals surface area (Å²) >= 11 is 0. The van der Waals surface area contributed by atoms with Crippen molar-refractivity contribution in [3.63, 3.8) is 0 Å². The third-order valence-corrected chi connectivity index (χ3v) is 3.14. The molecule has 0 aliphatic carbocycles. The molecule has 0 unspecified atom stereocenters. The van der Waals surface area contributed by atoms with Crippen molar-refractivity contribution >= 4 is 10.1 Å². The maximum atomic E-state index is 11.5. The maximum absolute atomic E-state index is 11.5. The predicted molar refractivity (Wildman–Crippen MR) is 49.3 cm³/mol. The molecule has 1 saturated heterocycles. The van der Waals surface area contributed by atoms with Crippen LogP contribution in [0.15, 0.2) is 35.2 Å². The van der Waals surface area contributed by atoms with Gasteiger partial charge in [-0.3, -0.25) is 4.18 Å². The summed E-state index contributed by atoms with van der Waals surface area (Å²) in [6, 6.07) is 8.07. The van der Waals surface area contributed by atoms with Gasteiger partial charge >= 0.3 is 0 Å². The van der Waals surface area contributed by atoms with Crippen molar-refractivity contribution in [1.82, 2.24) is 0 Å². The summed E-state index contributed by atoms with van der Waals surface area (Å²) in [6.07, 6.45) is -0.0477. The lowest BCUT2D eigenvalue weighted by Crippen LogP contribution is -2.10. The van der Waals surface area contributed by atoms with Crippen LogP contribution in [0.2, 0.25) is 0 Å². The molecule has 1 aliphatic heterocycles. The van der Waals surface area contributed by atoms with Gasteiger partial charge in [0.25, 0.3) is 10.1 Å². The van der Waals surface area contributed by atoms with Gasteiger partial charge in [0.2, 0.25) is 0 Å². The van der Waals surface area contributed by atoms with Crippen LogP contribution >= 0.6 is 0 Å². The van der Waals surface area contributed by atoms with Gasteiger partial charge in [0.05, 0.1) is 18.1 Å². The van der Waals surface area contributed by atoms with Crippen LogP contribution in [0, 0.1) is 0 Å². The molecule has 0 aromatic heterocycles. The third kappa shape index (κ3) is 2.31. The largest absolute Gasteiger partial charge is 0.371 e. The highest BCUT2D eigenvalue weighted by Gasteiger charge is 2.26. The van der Waals surface area contributed by atoms with Crippen LogP contribution in [-0.2, 0) is 19.0 Å². The molecule has 1 aliphatic rings. The summed E-state index contributed by atoms with van der Waals surface area (Å²) < 4.78 is 32.6. The number of ether oxygens (including phenoxy) is 1. The molecular weight excluding hydrogens is 204 g/mol. The summed E-state index contributed by atoms with van der Waals surface area (Å²) in [5.41, 5.74) is 0. The number of epoxide rings is 1. The number of rotatable bonds is 4. The van der Waals surface area contributed by atoms with Crippen LogP contribution in [0.5, 0.6) is 0 Å². The lowest BCUT2D eigenvalue weighted by atomic mass is 10.4. The number of hydrogen-bond donors (Lipinski definition) is 0. The molecule has 4 nitrogen and oxygen atoms in total. The van der Waals surface area contributed by atoms with Crippen molar-refractivity contribution in [3.05, 3.63) is 30.3 Å². The van der Waals surface area contributed by atoms with E-state index in [0.717, 1.165) is 0 Å². The van der Waals surface area contributed by atoms with Crippen molar-refractivity contribution in [2.75, 3.05) is 13.2 Å². The highest BCUT2D eigenvalue weighted by molar-refractivity contribution is 7.86. The van der Waals surface area contributed by atoms with E-state index < -0.39 is 10.1 Å². The van der Waals surface area contributed by atoms with E-state index in [9.17, 15) is 8.42 Å². The van der Waals surface area contributed by atoms with E-state index in [0.29, 0.717) is 6.61 Å². The van der Waals surface area contributed by atoms with Crippen LogP contribution in [0.25, 0.3) is 0 Å². The highest BCUT2D eigenvalue weighted by atomic mass is 32.2. The lowest BCUT2D eigenvalue weighted by molar-refractivity contribution is 0.266. The normalized spacial score (nSPS) is 20.7. The zero-order valence-corrected chi connectivity index (χ0v) is 8.24. The molecule has 1 aromatic rings. The quantitative estimate of drug-likeness (QED) is 0.549. The van der Waals surface area contributed by atoms with Crippen molar-refractivity contribution in [1.29, 1.82) is 0 Å². The third-order valence-electron chi connectivity index (χ3n) is 1.84. The molecule has 1 heterocycles. The van der Waals surface area contributed by atoms with Gasteiger partial charge in [-0.05, 0) is 12.1 Å². The Morgan fingerprint density at radius 2 is 2.00 bits per heavy atom. The monoisotopic (exact) mass is 214 g/mol. The molecule has 0 amide bonds. The fourth-order valence-electron chi connectivity index (χ4n) is 0.985. The van der Waals surface area contributed by atoms with Crippen LogP contribution < -0.4 is 0 Å². The van der Waals surface area contributed by atoms with Crippen molar-refractivity contribution < 1.29 is 17.3 Å². The maximum Gasteiger partial charge on any atom is 0.297 e. The Balaban J connectivity index is 2.07. The average molecular weight is 214 g/mol. The summed E-state index contributed by atoms with van der Waals surface area (Å²) in [7, 11) is -3.60. The molecule has 0 N–H and O–H groups in total. The topological polar surface area (TPSA) is 55.9 Å². The molecule has 0 radical (unpaired) electrons. The van der Waals surface area contributed by atoms with Crippen molar-refractivity contribution in [3.8, 4) is 0 Å². The average Bonchev–Trinajstić information content (AvgIpc) is 3.00. The Bertz CT molecular complexity index is 394. The van der Waals surface area contributed by atoms with E-state index in [1.165, 1.54) is 12.1 Å². The fraction of sp³-hybridized carbons (Fsp3) is 0.333. The van der Waals surface area contributed by atoms with Crippen LogP contribution in [0.1, 0.15) is 0 Å². The Labute approximate surface area is 82.6 Å². The number of benzene rings is 1. The standard InChI is InChI=1S/C9H10O4S/c10-14(11,13-7-8-6-12-8)9-4-2-1-3-5-9/h1-5,8H,6-7H2/t8-/m0/s1. The first-order valence-electron chi connectivity index (χ1n) is 4.24. The smallest absolute Gasteiger partial charge is 0.297 e. The van der Waals surface area contributed by atoms with Crippen LogP contribution in [-0.4, -0.2) is 27.7 Å². The van der Waals surface area contributed by atoms with Gasteiger partial charge in [-0.1, -0.05) is 18.2 Å². The molecule has 2 rings (SSSR count). The Kier molecular flexibility index (Phi) is 2.54. The summed E-state index contributed by atoms with van der Waals surface area (Å²) in [5.74, 6) is 0. The van der Waals surface area contributed by atoms with Gasteiger partial charge in [0.15, 0.2) is 0 Å². The van der Waals surface area contributed by atoms with Crippen LogP contribution in [0.3, 0.4) is 0 Å². The molecule has 1 fully saturated rings. The minimum Gasteiger partial charge on any atom is -0.371 e. The van der Waals surface area contributed by atoms with E-state index in [1.807, 2.05) is 0 Å². The first kappa shape index (κ1) is 9.64. The SMILES string of the molecule is O=S(=O)(OC[C@@H]1CO1)c1ccccc1. The molecular formula is C9H10O4S. The first-order valence-corrected chi connectivity index (χ1v) is 5.65. The molecule has 1 atom stereocenters. The van der Waals surface area contributed by atoms with E-state index in [1.54, 1.807) is 18.2 Å². The van der Waals surface area contributed by atoms with E-state index in [-0.39, 0.29) is 17.6 Å². The van der Waals surface area contributed by atoms with Crippen LogP contribution in [0.4, 0.5) is 0 Å². The lowest BCUT2D eigenvalue weighted by Gasteiger charge is -2.02. The van der Waals surface area contributed by atoms with Gasteiger partial charge in [0.1, 0.15) is 6.10 Å². The Hall–Kier alpha value is -0.910. The second-order valence-electron chi connectivity index (χ2n) is 3.01. The Morgan fingerprint density at radius 1 is 1.36 bits per heavy atom. The molecule has 76 valence electrons. The molecule has 1 aromatic carbocycles. The molecule has 0 spiro atoms. The molecule has 14 heavy (non-hydrogen) atoms. The second kappa shape index (κ2) is 3.68. The van der Waals surface area contributed by atoms with Gasteiger partial charge in [0, 0.05) is 0 Å². The van der Waals surface area contributed by atoms with E-state index in [2.05, 4.69) is 0 Å². The van der Waals surface area contributed by atoms with Gasteiger partial charge in [-0.25, -0.2) is 0 Å². The van der Waals surface area contributed by atoms with Crippen molar-refractivity contribution in [2.24, 2.45) is 0 Å². The predicted octanol–water partition coefficient (Wildman–Crippen LogP) is 0.791. The minimum absolute atomic E-state index is 0.0477. The first-order chi connectivity index (χ1) is 6.68. The second-order valence-corrected chi connectivity index (χ2v) is 4.62. The summed E-state index contributed by atoms with van der Waals surface area (Å²) in [5, 5.41) is 0. The molecule has 0 bridgehead atoms. The Morgan fingerprint density at radius 3 is 2.57 bits per heavy atom. The zero-order valence-electron chi connectivity index (χ0n) is 7.42. The minimum atomic E-state index is -3.60. The van der Waals surface area contributed by atoms with Crippen molar-refractivity contribution in [2.45, 2.75) is 11.0 Å².